The van der Waals surface area contributed by atoms with Gasteiger partial charge in [0, 0.05) is 51.2 Å². The van der Waals surface area contributed by atoms with Gasteiger partial charge in [-0.2, -0.15) is 5.10 Å². The third-order valence-corrected chi connectivity index (χ3v) is 5.09. The number of nitrogens with one attached hydrogen (secondary N) is 1. The van der Waals surface area contributed by atoms with Crippen LogP contribution in [0.25, 0.3) is 0 Å². The van der Waals surface area contributed by atoms with E-state index >= 15 is 0 Å². The maximum atomic E-state index is 5.93. The van der Waals surface area contributed by atoms with E-state index in [2.05, 4.69) is 25.3 Å². The van der Waals surface area contributed by atoms with Crippen molar-refractivity contribution in [2.75, 3.05) is 33.4 Å². The minimum absolute atomic E-state index is 0. The molecule has 29 heavy (non-hydrogen) atoms. The van der Waals surface area contributed by atoms with Crippen LogP contribution < -0.4 is 10.1 Å². The summed E-state index contributed by atoms with van der Waals surface area (Å²) in [5, 5.41) is 7.70. The molecule has 4 rings (SSSR count). The number of guanidine groups is 1. The van der Waals surface area contributed by atoms with Gasteiger partial charge in [0.05, 0.1) is 26.0 Å². The summed E-state index contributed by atoms with van der Waals surface area (Å²) in [6.45, 7) is 3.66. The molecule has 1 aliphatic heterocycles. The average molecular weight is 512 g/mol. The quantitative estimate of drug-likeness (QED) is 0.364. The van der Waals surface area contributed by atoms with Crippen molar-refractivity contribution in [2.45, 2.75) is 25.5 Å². The second-order valence-corrected chi connectivity index (χ2v) is 7.41. The number of ether oxygens (including phenoxy) is 2. The van der Waals surface area contributed by atoms with Gasteiger partial charge in [-0.05, 0) is 30.4 Å². The normalized spacial score (nSPS) is 19.6. The second-order valence-electron chi connectivity index (χ2n) is 7.41. The van der Waals surface area contributed by atoms with Crippen molar-refractivity contribution in [3.8, 4) is 5.88 Å². The Labute approximate surface area is 188 Å². The molecule has 2 fully saturated rings. The van der Waals surface area contributed by atoms with Crippen LogP contribution in [-0.4, -0.2) is 59.0 Å². The van der Waals surface area contributed by atoms with Crippen molar-refractivity contribution in [2.24, 2.45) is 18.0 Å². The van der Waals surface area contributed by atoms with E-state index in [1.165, 1.54) is 12.8 Å². The zero-order chi connectivity index (χ0) is 19.3. The Bertz CT molecular complexity index is 823. The molecule has 2 aromatic rings. The van der Waals surface area contributed by atoms with Crippen LogP contribution in [0.15, 0.2) is 35.7 Å². The molecule has 1 unspecified atom stereocenters. The second kappa shape index (κ2) is 10.2. The van der Waals surface area contributed by atoms with E-state index in [1.807, 2.05) is 38.6 Å². The first kappa shape index (κ1) is 21.8. The number of halogens is 1. The Morgan fingerprint density at radius 2 is 2.28 bits per heavy atom. The zero-order valence-electron chi connectivity index (χ0n) is 17.0. The van der Waals surface area contributed by atoms with Crippen LogP contribution in [0.1, 0.15) is 30.1 Å². The van der Waals surface area contributed by atoms with Gasteiger partial charge in [-0.25, -0.2) is 4.98 Å². The van der Waals surface area contributed by atoms with Crippen LogP contribution in [-0.2, 0) is 18.3 Å². The fourth-order valence-corrected chi connectivity index (χ4v) is 3.29. The minimum atomic E-state index is 0. The van der Waals surface area contributed by atoms with Crippen molar-refractivity contribution in [3.63, 3.8) is 0 Å². The maximum Gasteiger partial charge on any atom is 0.213 e. The van der Waals surface area contributed by atoms with Crippen LogP contribution in [0.5, 0.6) is 5.88 Å². The molecule has 9 heteroatoms. The standard InChI is InChI=1S/C20H28N6O2.HI/c1-21-20(26-7-8-27-18(13-26)17-11-24-25(2)12-17)23-10-16-5-6-22-19(9-16)28-14-15-3-4-15;/h5-6,9,11-12,15,18H,3-4,7-8,10,13-14H2,1-2H3,(H,21,23);1H. The zero-order valence-corrected chi connectivity index (χ0v) is 19.3. The van der Waals surface area contributed by atoms with E-state index in [-0.39, 0.29) is 30.1 Å². The molecule has 1 N–H and O–H groups in total. The number of hydrogen-bond acceptors (Lipinski definition) is 5. The lowest BCUT2D eigenvalue weighted by Gasteiger charge is -2.34. The van der Waals surface area contributed by atoms with Crippen LogP contribution in [0.2, 0.25) is 0 Å². The molecule has 158 valence electrons. The summed E-state index contributed by atoms with van der Waals surface area (Å²) in [6, 6.07) is 4.00. The molecule has 1 saturated heterocycles. The number of nitrogens with zero attached hydrogens (tertiary/aromatic N) is 5. The third-order valence-electron chi connectivity index (χ3n) is 5.09. The highest BCUT2D eigenvalue weighted by molar-refractivity contribution is 14.0. The lowest BCUT2D eigenvalue weighted by Crippen LogP contribution is -2.47. The van der Waals surface area contributed by atoms with E-state index in [1.54, 1.807) is 10.9 Å². The van der Waals surface area contributed by atoms with Gasteiger partial charge in [0.1, 0.15) is 6.10 Å². The largest absolute Gasteiger partial charge is 0.477 e. The highest BCUT2D eigenvalue weighted by atomic mass is 127. The highest BCUT2D eigenvalue weighted by Gasteiger charge is 2.25. The Hall–Kier alpha value is -1.88. The fourth-order valence-electron chi connectivity index (χ4n) is 3.29. The summed E-state index contributed by atoms with van der Waals surface area (Å²) in [6.07, 6.45) is 8.22. The Morgan fingerprint density at radius 3 is 3.00 bits per heavy atom. The number of hydrogen-bond donors (Lipinski definition) is 1. The van der Waals surface area contributed by atoms with Gasteiger partial charge in [0.25, 0.3) is 0 Å². The molecule has 0 radical (unpaired) electrons. The Balaban J connectivity index is 0.00000240. The van der Waals surface area contributed by atoms with Crippen LogP contribution in [0.3, 0.4) is 0 Å². The lowest BCUT2D eigenvalue weighted by molar-refractivity contribution is -0.00805. The highest BCUT2D eigenvalue weighted by Crippen LogP contribution is 2.29. The van der Waals surface area contributed by atoms with E-state index < -0.39 is 0 Å². The van der Waals surface area contributed by atoms with Crippen molar-refractivity contribution >= 4 is 29.9 Å². The first-order chi connectivity index (χ1) is 13.7. The van der Waals surface area contributed by atoms with Crippen LogP contribution in [0.4, 0.5) is 0 Å². The molecule has 0 aromatic carbocycles. The fraction of sp³-hybridized carbons (Fsp3) is 0.550. The topological polar surface area (TPSA) is 76.8 Å². The Morgan fingerprint density at radius 1 is 1.41 bits per heavy atom. The molecule has 1 atom stereocenters. The summed E-state index contributed by atoms with van der Waals surface area (Å²) < 4.78 is 13.5. The van der Waals surface area contributed by atoms with E-state index in [0.29, 0.717) is 19.0 Å². The molecule has 1 saturated carbocycles. The number of aryl methyl sites for hydroxylation is 1. The molecular formula is C20H29IN6O2. The molecule has 0 spiro atoms. The Kier molecular flexibility index (Phi) is 7.70. The van der Waals surface area contributed by atoms with Gasteiger partial charge in [-0.3, -0.25) is 9.67 Å². The predicted molar refractivity (Wildman–Crippen MR) is 122 cm³/mol. The smallest absolute Gasteiger partial charge is 0.213 e. The summed E-state index contributed by atoms with van der Waals surface area (Å²) in [7, 11) is 3.73. The van der Waals surface area contributed by atoms with Gasteiger partial charge in [-0.1, -0.05) is 0 Å². The van der Waals surface area contributed by atoms with E-state index in [0.717, 1.165) is 42.7 Å². The lowest BCUT2D eigenvalue weighted by atomic mass is 10.1. The monoisotopic (exact) mass is 512 g/mol. The van der Waals surface area contributed by atoms with Gasteiger partial charge < -0.3 is 19.7 Å². The summed E-state index contributed by atoms with van der Waals surface area (Å²) >= 11 is 0. The molecule has 8 nitrogen and oxygen atoms in total. The first-order valence-corrected chi connectivity index (χ1v) is 9.84. The predicted octanol–water partition coefficient (Wildman–Crippen LogP) is 2.37. The molecule has 0 amide bonds. The molecule has 0 bridgehead atoms. The molecule has 3 heterocycles. The SMILES string of the molecule is CN=C(NCc1ccnc(OCC2CC2)c1)N1CCOC(c2cnn(C)c2)C1.I. The molecule has 1 aliphatic carbocycles. The summed E-state index contributed by atoms with van der Waals surface area (Å²) in [4.78, 5) is 11.0. The summed E-state index contributed by atoms with van der Waals surface area (Å²) in [5.74, 6) is 2.29. The van der Waals surface area contributed by atoms with Crippen LogP contribution in [0, 0.1) is 5.92 Å². The molecular weight excluding hydrogens is 483 g/mol. The number of pyridine rings is 1. The summed E-state index contributed by atoms with van der Waals surface area (Å²) in [5.41, 5.74) is 2.22. The van der Waals surface area contributed by atoms with Gasteiger partial charge in [0.2, 0.25) is 5.88 Å². The maximum absolute atomic E-state index is 5.93. The van der Waals surface area contributed by atoms with E-state index in [9.17, 15) is 0 Å². The first-order valence-electron chi connectivity index (χ1n) is 9.84. The van der Waals surface area contributed by atoms with Crippen LogP contribution >= 0.6 is 24.0 Å². The number of aromatic nitrogens is 3. The third kappa shape index (κ3) is 6.05. The number of rotatable bonds is 6. The van der Waals surface area contributed by atoms with Gasteiger partial charge >= 0.3 is 0 Å². The average Bonchev–Trinajstić information content (AvgIpc) is 3.46. The van der Waals surface area contributed by atoms with Crippen molar-refractivity contribution < 1.29 is 9.47 Å². The molecule has 2 aliphatic rings. The van der Waals surface area contributed by atoms with E-state index in [4.69, 9.17) is 9.47 Å². The van der Waals surface area contributed by atoms with Crippen molar-refractivity contribution in [1.82, 2.24) is 25.0 Å². The van der Waals surface area contributed by atoms with Crippen molar-refractivity contribution in [3.05, 3.63) is 41.9 Å². The van der Waals surface area contributed by atoms with Gasteiger partial charge in [-0.15, -0.1) is 24.0 Å². The van der Waals surface area contributed by atoms with Gasteiger partial charge in [0.15, 0.2) is 5.96 Å². The number of aliphatic imine (C=N–C) groups is 1. The number of morpholine rings is 1. The minimum Gasteiger partial charge on any atom is -0.477 e. The molecule has 2 aromatic heterocycles. The van der Waals surface area contributed by atoms with Crippen molar-refractivity contribution in [1.29, 1.82) is 0 Å².